The highest BCUT2D eigenvalue weighted by Crippen LogP contribution is 2.06. The van der Waals surface area contributed by atoms with Gasteiger partial charge in [-0.1, -0.05) is 0 Å². The number of hydrogen-bond acceptors (Lipinski definition) is 3. The number of morpholine rings is 1. The third-order valence-electron chi connectivity index (χ3n) is 2.66. The van der Waals surface area contributed by atoms with Gasteiger partial charge in [0.05, 0.1) is 13.2 Å². The molecule has 1 aliphatic heterocycles. The van der Waals surface area contributed by atoms with Crippen LogP contribution in [0.5, 0.6) is 0 Å². The zero-order valence-electron chi connectivity index (χ0n) is 9.12. The Balaban J connectivity index is 2.17. The minimum atomic E-state index is 0.700. The summed E-state index contributed by atoms with van der Waals surface area (Å²) in [5.41, 5.74) is 0. The van der Waals surface area contributed by atoms with E-state index in [4.69, 9.17) is 4.74 Å². The molecule has 1 rings (SSSR count). The predicted octanol–water partition coefficient (Wildman–Crippen LogP) is 0.659. The molecule has 78 valence electrons. The Morgan fingerprint density at radius 1 is 1.31 bits per heavy atom. The van der Waals surface area contributed by atoms with Crippen LogP contribution in [0.4, 0.5) is 0 Å². The summed E-state index contributed by atoms with van der Waals surface area (Å²) in [7, 11) is 4.26. The second-order valence-electron chi connectivity index (χ2n) is 4.09. The molecule has 1 atom stereocenters. The van der Waals surface area contributed by atoms with Crippen LogP contribution in [0.1, 0.15) is 13.3 Å². The van der Waals surface area contributed by atoms with E-state index < -0.39 is 0 Å². The van der Waals surface area contributed by atoms with Crippen molar-refractivity contribution in [1.82, 2.24) is 9.80 Å². The zero-order valence-corrected chi connectivity index (χ0v) is 9.12. The average Bonchev–Trinajstić information content (AvgIpc) is 2.15. The Kier molecular flexibility index (Phi) is 4.70. The van der Waals surface area contributed by atoms with Crippen molar-refractivity contribution in [3.8, 4) is 0 Å². The molecular weight excluding hydrogens is 164 g/mol. The van der Waals surface area contributed by atoms with Crippen LogP contribution >= 0.6 is 0 Å². The van der Waals surface area contributed by atoms with E-state index in [0.717, 1.165) is 26.3 Å². The van der Waals surface area contributed by atoms with E-state index >= 15 is 0 Å². The van der Waals surface area contributed by atoms with Crippen LogP contribution < -0.4 is 0 Å². The summed E-state index contributed by atoms with van der Waals surface area (Å²) in [6, 6.07) is 0.700. The number of ether oxygens (including phenoxy) is 1. The first-order valence-electron chi connectivity index (χ1n) is 5.16. The molecule has 0 radical (unpaired) electrons. The van der Waals surface area contributed by atoms with E-state index in [1.54, 1.807) is 0 Å². The number of nitrogens with zero attached hydrogens (tertiary/aromatic N) is 2. The van der Waals surface area contributed by atoms with Crippen molar-refractivity contribution in [3.05, 3.63) is 0 Å². The molecule has 1 saturated heterocycles. The molecule has 1 fully saturated rings. The summed E-state index contributed by atoms with van der Waals surface area (Å²) in [6.07, 6.45) is 1.26. The first-order valence-corrected chi connectivity index (χ1v) is 5.16. The van der Waals surface area contributed by atoms with Gasteiger partial charge in [0.1, 0.15) is 0 Å². The third-order valence-corrected chi connectivity index (χ3v) is 2.66. The summed E-state index contributed by atoms with van der Waals surface area (Å²) in [5.74, 6) is 0. The molecule has 0 bridgehead atoms. The number of hydrogen-bond donors (Lipinski definition) is 0. The quantitative estimate of drug-likeness (QED) is 0.641. The second-order valence-corrected chi connectivity index (χ2v) is 4.09. The van der Waals surface area contributed by atoms with E-state index in [-0.39, 0.29) is 0 Å². The normalized spacial score (nSPS) is 22.2. The van der Waals surface area contributed by atoms with Crippen LogP contribution in [0, 0.1) is 0 Å². The van der Waals surface area contributed by atoms with E-state index in [1.807, 2.05) is 0 Å². The Labute approximate surface area is 81.7 Å². The first-order chi connectivity index (χ1) is 6.20. The van der Waals surface area contributed by atoms with Crippen LogP contribution in [0.15, 0.2) is 0 Å². The topological polar surface area (TPSA) is 15.7 Å². The summed E-state index contributed by atoms with van der Waals surface area (Å²) in [5, 5.41) is 0. The van der Waals surface area contributed by atoms with Gasteiger partial charge in [-0.15, -0.1) is 0 Å². The van der Waals surface area contributed by atoms with Gasteiger partial charge in [0, 0.05) is 19.1 Å². The molecule has 0 aromatic heterocycles. The molecule has 0 N–H and O–H groups in total. The average molecular weight is 186 g/mol. The lowest BCUT2D eigenvalue weighted by molar-refractivity contribution is 0.0175. The number of rotatable bonds is 4. The lowest BCUT2D eigenvalue weighted by Gasteiger charge is -2.32. The molecule has 0 aromatic rings. The molecule has 0 aliphatic carbocycles. The van der Waals surface area contributed by atoms with Crippen LogP contribution in [0.2, 0.25) is 0 Å². The van der Waals surface area contributed by atoms with Gasteiger partial charge in [-0.25, -0.2) is 0 Å². The highest BCUT2D eigenvalue weighted by atomic mass is 16.5. The molecular formula is C10H22N2O. The van der Waals surface area contributed by atoms with E-state index in [0.29, 0.717) is 6.04 Å². The zero-order chi connectivity index (χ0) is 9.68. The van der Waals surface area contributed by atoms with Gasteiger partial charge in [-0.05, 0) is 34.0 Å². The summed E-state index contributed by atoms with van der Waals surface area (Å²) in [6.45, 7) is 7.52. The molecule has 1 heterocycles. The van der Waals surface area contributed by atoms with Crippen LogP contribution in [0.25, 0.3) is 0 Å². The van der Waals surface area contributed by atoms with E-state index in [9.17, 15) is 0 Å². The van der Waals surface area contributed by atoms with Gasteiger partial charge < -0.3 is 9.64 Å². The Bertz CT molecular complexity index is 133. The maximum absolute atomic E-state index is 5.32. The van der Waals surface area contributed by atoms with Crippen LogP contribution in [-0.4, -0.2) is 62.8 Å². The van der Waals surface area contributed by atoms with Gasteiger partial charge in [-0.2, -0.15) is 0 Å². The minimum absolute atomic E-state index is 0.700. The first kappa shape index (κ1) is 11.0. The standard InChI is InChI=1S/C10H22N2O/c1-10(4-5-11(2)3)12-6-8-13-9-7-12/h10H,4-9H2,1-3H3. The highest BCUT2D eigenvalue weighted by Gasteiger charge is 2.16. The molecule has 0 spiro atoms. The fourth-order valence-electron chi connectivity index (χ4n) is 1.65. The minimum Gasteiger partial charge on any atom is -0.379 e. The van der Waals surface area contributed by atoms with E-state index in [1.165, 1.54) is 13.0 Å². The fourth-order valence-corrected chi connectivity index (χ4v) is 1.65. The molecule has 1 unspecified atom stereocenters. The van der Waals surface area contributed by atoms with Gasteiger partial charge in [0.2, 0.25) is 0 Å². The van der Waals surface area contributed by atoms with Crippen molar-refractivity contribution in [3.63, 3.8) is 0 Å². The lowest BCUT2D eigenvalue weighted by atomic mass is 10.2. The Hall–Kier alpha value is -0.120. The summed E-state index contributed by atoms with van der Waals surface area (Å²) >= 11 is 0. The van der Waals surface area contributed by atoms with Crippen molar-refractivity contribution in [2.45, 2.75) is 19.4 Å². The summed E-state index contributed by atoms with van der Waals surface area (Å²) in [4.78, 5) is 4.77. The second kappa shape index (κ2) is 5.58. The van der Waals surface area contributed by atoms with Crippen molar-refractivity contribution >= 4 is 0 Å². The van der Waals surface area contributed by atoms with Crippen molar-refractivity contribution in [1.29, 1.82) is 0 Å². The Morgan fingerprint density at radius 2 is 1.92 bits per heavy atom. The SMILES string of the molecule is CC(CCN(C)C)N1CCOCC1. The fraction of sp³-hybridized carbons (Fsp3) is 1.00. The molecule has 3 nitrogen and oxygen atoms in total. The van der Waals surface area contributed by atoms with Crippen molar-refractivity contribution < 1.29 is 4.74 Å². The van der Waals surface area contributed by atoms with E-state index in [2.05, 4.69) is 30.8 Å². The van der Waals surface area contributed by atoms with Gasteiger partial charge in [0.15, 0.2) is 0 Å². The molecule has 1 aliphatic rings. The van der Waals surface area contributed by atoms with Crippen molar-refractivity contribution in [2.75, 3.05) is 46.9 Å². The Morgan fingerprint density at radius 3 is 2.46 bits per heavy atom. The summed E-state index contributed by atoms with van der Waals surface area (Å²) < 4.78 is 5.32. The van der Waals surface area contributed by atoms with Crippen molar-refractivity contribution in [2.24, 2.45) is 0 Å². The van der Waals surface area contributed by atoms with Gasteiger partial charge >= 0.3 is 0 Å². The van der Waals surface area contributed by atoms with Crippen LogP contribution in [0.3, 0.4) is 0 Å². The molecule has 13 heavy (non-hydrogen) atoms. The molecule has 0 aromatic carbocycles. The predicted molar refractivity (Wildman–Crippen MR) is 55.0 cm³/mol. The third kappa shape index (κ3) is 4.07. The monoisotopic (exact) mass is 186 g/mol. The van der Waals surface area contributed by atoms with Crippen LogP contribution in [-0.2, 0) is 4.74 Å². The maximum Gasteiger partial charge on any atom is 0.0594 e. The smallest absolute Gasteiger partial charge is 0.0594 e. The highest BCUT2D eigenvalue weighted by molar-refractivity contribution is 4.70. The largest absolute Gasteiger partial charge is 0.379 e. The van der Waals surface area contributed by atoms with Gasteiger partial charge in [-0.3, -0.25) is 4.90 Å². The lowest BCUT2D eigenvalue weighted by Crippen LogP contribution is -2.43. The van der Waals surface area contributed by atoms with Gasteiger partial charge in [0.25, 0.3) is 0 Å². The maximum atomic E-state index is 5.32. The molecule has 0 amide bonds. The molecule has 0 saturated carbocycles. The molecule has 3 heteroatoms.